The van der Waals surface area contributed by atoms with Crippen molar-refractivity contribution in [3.63, 3.8) is 0 Å². The van der Waals surface area contributed by atoms with E-state index >= 15 is 0 Å². The second-order valence-corrected chi connectivity index (χ2v) is 6.89. The van der Waals surface area contributed by atoms with Crippen molar-refractivity contribution < 1.29 is 19.0 Å². The Kier molecular flexibility index (Phi) is 6.91. The van der Waals surface area contributed by atoms with E-state index in [4.69, 9.17) is 14.2 Å². The molecule has 0 saturated carbocycles. The summed E-state index contributed by atoms with van der Waals surface area (Å²) in [5, 5.41) is 12.2. The van der Waals surface area contributed by atoms with Crippen LogP contribution >= 0.6 is 0 Å². The van der Waals surface area contributed by atoms with Crippen LogP contribution in [0.25, 0.3) is 0 Å². The highest BCUT2D eigenvalue weighted by molar-refractivity contribution is 5.95. The molecule has 1 fully saturated rings. The van der Waals surface area contributed by atoms with Crippen molar-refractivity contribution in [1.82, 2.24) is 15.3 Å². The van der Waals surface area contributed by atoms with Crippen LogP contribution in [-0.4, -0.2) is 56.8 Å². The van der Waals surface area contributed by atoms with Gasteiger partial charge in [-0.25, -0.2) is 9.97 Å². The Balaban J connectivity index is 1.58. The average Bonchev–Trinajstić information content (AvgIpc) is 2.81. The maximum absolute atomic E-state index is 12.7. The SMILES string of the molecule is COc1cc(C(=O)NCC2CCN(c3nccnc3C#N)CC2)cc(OC)c1OC. The number of anilines is 1. The summed E-state index contributed by atoms with van der Waals surface area (Å²) in [6.45, 7) is 2.09. The lowest BCUT2D eigenvalue weighted by Gasteiger charge is -2.32. The van der Waals surface area contributed by atoms with Crippen LogP contribution in [0.15, 0.2) is 24.5 Å². The molecule has 0 atom stereocenters. The Hall–Kier alpha value is -3.54. The number of rotatable bonds is 7. The van der Waals surface area contributed by atoms with Gasteiger partial charge in [0.25, 0.3) is 5.91 Å². The van der Waals surface area contributed by atoms with Gasteiger partial charge in [0, 0.05) is 37.6 Å². The molecule has 2 aromatic rings. The summed E-state index contributed by atoms with van der Waals surface area (Å²) in [7, 11) is 4.55. The number of nitrogens with one attached hydrogen (secondary N) is 1. The van der Waals surface area contributed by atoms with Gasteiger partial charge < -0.3 is 24.4 Å². The van der Waals surface area contributed by atoms with Crippen LogP contribution in [0.1, 0.15) is 28.9 Å². The molecule has 0 radical (unpaired) electrons. The fourth-order valence-electron chi connectivity index (χ4n) is 3.54. The number of ether oxygens (including phenoxy) is 3. The highest BCUT2D eigenvalue weighted by Crippen LogP contribution is 2.38. The highest BCUT2D eigenvalue weighted by Gasteiger charge is 2.23. The number of nitriles is 1. The fraction of sp³-hybridized carbons (Fsp3) is 0.429. The highest BCUT2D eigenvalue weighted by atomic mass is 16.5. The number of hydrogen-bond donors (Lipinski definition) is 1. The van der Waals surface area contributed by atoms with Gasteiger partial charge in [0.05, 0.1) is 21.3 Å². The van der Waals surface area contributed by atoms with Gasteiger partial charge in [0.1, 0.15) is 6.07 Å². The molecule has 1 aliphatic rings. The predicted octanol–water partition coefficient (Wildman–Crippen LogP) is 2.02. The van der Waals surface area contributed by atoms with E-state index in [9.17, 15) is 10.1 Å². The van der Waals surface area contributed by atoms with E-state index in [2.05, 4.69) is 26.3 Å². The summed E-state index contributed by atoms with van der Waals surface area (Å²) < 4.78 is 15.9. The lowest BCUT2D eigenvalue weighted by Crippen LogP contribution is -2.39. The molecule has 9 heteroatoms. The topological polar surface area (TPSA) is 110 Å². The second kappa shape index (κ2) is 9.78. The Morgan fingerprint density at radius 3 is 2.33 bits per heavy atom. The number of carbonyl (C=O) groups is 1. The first-order valence-corrected chi connectivity index (χ1v) is 9.65. The second-order valence-electron chi connectivity index (χ2n) is 6.89. The minimum Gasteiger partial charge on any atom is -0.493 e. The summed E-state index contributed by atoms with van der Waals surface area (Å²) in [6.07, 6.45) is 4.89. The third kappa shape index (κ3) is 4.54. The molecule has 0 aliphatic carbocycles. The third-order valence-corrected chi connectivity index (χ3v) is 5.18. The molecule has 3 rings (SSSR count). The number of piperidine rings is 1. The van der Waals surface area contributed by atoms with E-state index in [-0.39, 0.29) is 5.91 Å². The molecule has 30 heavy (non-hydrogen) atoms. The molecule has 1 aliphatic heterocycles. The number of aromatic nitrogens is 2. The lowest BCUT2D eigenvalue weighted by molar-refractivity contribution is 0.0944. The zero-order valence-corrected chi connectivity index (χ0v) is 17.3. The Bertz CT molecular complexity index is 910. The van der Waals surface area contributed by atoms with Crippen LogP contribution in [0.4, 0.5) is 5.82 Å². The molecule has 1 N–H and O–H groups in total. The molecule has 1 saturated heterocycles. The van der Waals surface area contributed by atoms with Gasteiger partial charge in [-0.2, -0.15) is 5.26 Å². The van der Waals surface area contributed by atoms with Crippen molar-refractivity contribution >= 4 is 11.7 Å². The predicted molar refractivity (Wildman–Crippen MR) is 110 cm³/mol. The van der Waals surface area contributed by atoms with Crippen LogP contribution in [0, 0.1) is 17.2 Å². The Morgan fingerprint density at radius 2 is 1.77 bits per heavy atom. The first-order chi connectivity index (χ1) is 14.6. The van der Waals surface area contributed by atoms with E-state index in [0.29, 0.717) is 46.8 Å². The first-order valence-electron chi connectivity index (χ1n) is 9.65. The van der Waals surface area contributed by atoms with Crippen molar-refractivity contribution in [2.24, 2.45) is 5.92 Å². The van der Waals surface area contributed by atoms with E-state index < -0.39 is 0 Å². The van der Waals surface area contributed by atoms with Crippen LogP contribution in [0.5, 0.6) is 17.2 Å². The van der Waals surface area contributed by atoms with Gasteiger partial charge in [0.2, 0.25) is 5.75 Å². The molecular formula is C21H25N5O4. The largest absolute Gasteiger partial charge is 0.493 e. The van der Waals surface area contributed by atoms with Gasteiger partial charge >= 0.3 is 0 Å². The smallest absolute Gasteiger partial charge is 0.251 e. The molecule has 0 unspecified atom stereocenters. The van der Waals surface area contributed by atoms with Crippen molar-refractivity contribution in [2.45, 2.75) is 12.8 Å². The lowest BCUT2D eigenvalue weighted by atomic mass is 9.96. The Morgan fingerprint density at radius 1 is 1.13 bits per heavy atom. The van der Waals surface area contributed by atoms with Crippen molar-refractivity contribution in [3.8, 4) is 23.3 Å². The maximum atomic E-state index is 12.7. The quantitative estimate of drug-likeness (QED) is 0.737. The van der Waals surface area contributed by atoms with Gasteiger partial charge in [-0.3, -0.25) is 4.79 Å². The molecule has 158 valence electrons. The van der Waals surface area contributed by atoms with Crippen LogP contribution in [0.2, 0.25) is 0 Å². The van der Waals surface area contributed by atoms with Gasteiger partial charge in [-0.1, -0.05) is 0 Å². The standard InChI is InChI=1S/C21H25N5O4/c1-28-17-10-15(11-18(29-2)19(17)30-3)21(27)25-13-14-4-8-26(9-5-14)20-16(12-22)23-6-7-24-20/h6-7,10-11,14H,4-5,8-9,13H2,1-3H3,(H,25,27). The van der Waals surface area contributed by atoms with Gasteiger partial charge in [-0.05, 0) is 30.9 Å². The van der Waals surface area contributed by atoms with Crippen molar-refractivity contribution in [2.75, 3.05) is 45.9 Å². The Labute approximate surface area is 175 Å². The van der Waals surface area contributed by atoms with Crippen LogP contribution < -0.4 is 24.4 Å². The van der Waals surface area contributed by atoms with Gasteiger partial charge in [0.15, 0.2) is 23.0 Å². The molecular weight excluding hydrogens is 386 g/mol. The third-order valence-electron chi connectivity index (χ3n) is 5.18. The normalized spacial score (nSPS) is 14.0. The summed E-state index contributed by atoms with van der Waals surface area (Å²) in [6, 6.07) is 5.36. The van der Waals surface area contributed by atoms with Gasteiger partial charge in [-0.15, -0.1) is 0 Å². The molecule has 9 nitrogen and oxygen atoms in total. The van der Waals surface area contributed by atoms with Crippen molar-refractivity contribution in [3.05, 3.63) is 35.8 Å². The number of nitrogens with zero attached hydrogens (tertiary/aromatic N) is 4. The molecule has 1 aromatic carbocycles. The molecule has 0 spiro atoms. The van der Waals surface area contributed by atoms with E-state index in [1.54, 1.807) is 18.3 Å². The number of amides is 1. The molecule has 1 aromatic heterocycles. The van der Waals surface area contributed by atoms with E-state index in [1.165, 1.54) is 27.5 Å². The summed E-state index contributed by atoms with van der Waals surface area (Å²) in [5.74, 6) is 2.09. The minimum atomic E-state index is -0.197. The zero-order valence-electron chi connectivity index (χ0n) is 17.3. The summed E-state index contributed by atoms with van der Waals surface area (Å²) in [4.78, 5) is 23.1. The molecule has 1 amide bonds. The summed E-state index contributed by atoms with van der Waals surface area (Å²) >= 11 is 0. The number of carbonyl (C=O) groups excluding carboxylic acids is 1. The molecule has 2 heterocycles. The van der Waals surface area contributed by atoms with E-state index in [0.717, 1.165) is 25.9 Å². The summed E-state index contributed by atoms with van der Waals surface area (Å²) in [5.41, 5.74) is 0.784. The maximum Gasteiger partial charge on any atom is 0.251 e. The first kappa shape index (κ1) is 21.2. The average molecular weight is 411 g/mol. The molecule has 0 bridgehead atoms. The number of methoxy groups -OCH3 is 3. The zero-order chi connectivity index (χ0) is 21.5. The number of hydrogen-bond acceptors (Lipinski definition) is 8. The minimum absolute atomic E-state index is 0.197. The monoisotopic (exact) mass is 411 g/mol. The van der Waals surface area contributed by atoms with Crippen LogP contribution in [-0.2, 0) is 0 Å². The fourth-order valence-corrected chi connectivity index (χ4v) is 3.54. The van der Waals surface area contributed by atoms with E-state index in [1.807, 2.05) is 0 Å². The van der Waals surface area contributed by atoms with Crippen molar-refractivity contribution in [1.29, 1.82) is 5.26 Å². The van der Waals surface area contributed by atoms with Crippen LogP contribution in [0.3, 0.4) is 0 Å². The number of benzene rings is 1.